The predicted molar refractivity (Wildman–Crippen MR) is 76.5 cm³/mol. The van der Waals surface area contributed by atoms with Crippen molar-refractivity contribution in [2.45, 2.75) is 25.8 Å². The predicted octanol–water partition coefficient (Wildman–Crippen LogP) is 3.25. The SMILES string of the molecule is CC(N)c1cnc(N2CCCc3ccccc32)s1. The molecule has 1 aliphatic rings. The van der Waals surface area contributed by atoms with E-state index in [0.717, 1.165) is 23.0 Å². The van der Waals surface area contributed by atoms with E-state index in [9.17, 15) is 0 Å². The molecule has 0 bridgehead atoms. The van der Waals surface area contributed by atoms with Crippen molar-refractivity contribution in [1.82, 2.24) is 4.98 Å². The molecule has 0 fully saturated rings. The van der Waals surface area contributed by atoms with Crippen LogP contribution < -0.4 is 10.6 Å². The summed E-state index contributed by atoms with van der Waals surface area (Å²) in [5.41, 5.74) is 8.62. The second-order valence-corrected chi connectivity index (χ2v) is 5.76. The van der Waals surface area contributed by atoms with E-state index in [-0.39, 0.29) is 6.04 Å². The Morgan fingerprint density at radius 2 is 2.22 bits per heavy atom. The van der Waals surface area contributed by atoms with Crippen molar-refractivity contribution in [2.75, 3.05) is 11.4 Å². The second-order valence-electron chi connectivity index (χ2n) is 4.72. The third kappa shape index (κ3) is 2.02. The Kier molecular flexibility index (Phi) is 3.06. The van der Waals surface area contributed by atoms with Crippen molar-refractivity contribution >= 4 is 22.2 Å². The van der Waals surface area contributed by atoms with E-state index in [0.29, 0.717) is 0 Å². The lowest BCUT2D eigenvalue weighted by atomic mass is 10.0. The van der Waals surface area contributed by atoms with Crippen LogP contribution in [0.5, 0.6) is 0 Å². The van der Waals surface area contributed by atoms with Crippen LogP contribution in [-0.2, 0) is 6.42 Å². The van der Waals surface area contributed by atoms with Crippen LogP contribution in [0.3, 0.4) is 0 Å². The summed E-state index contributed by atoms with van der Waals surface area (Å²) in [4.78, 5) is 7.99. The highest BCUT2D eigenvalue weighted by molar-refractivity contribution is 7.15. The summed E-state index contributed by atoms with van der Waals surface area (Å²) in [6.07, 6.45) is 4.25. The fourth-order valence-corrected chi connectivity index (χ4v) is 3.25. The van der Waals surface area contributed by atoms with E-state index in [4.69, 9.17) is 5.73 Å². The molecule has 3 rings (SSSR count). The molecule has 1 aromatic heterocycles. The first-order valence-corrected chi connectivity index (χ1v) is 7.14. The van der Waals surface area contributed by atoms with Crippen LogP contribution in [0.15, 0.2) is 30.5 Å². The molecule has 94 valence electrons. The molecule has 1 unspecified atom stereocenters. The van der Waals surface area contributed by atoms with Crippen molar-refractivity contribution in [3.05, 3.63) is 40.9 Å². The van der Waals surface area contributed by atoms with Crippen LogP contribution in [0.1, 0.15) is 29.8 Å². The van der Waals surface area contributed by atoms with Crippen LogP contribution in [-0.4, -0.2) is 11.5 Å². The Morgan fingerprint density at radius 1 is 1.39 bits per heavy atom. The number of thiazole rings is 1. The zero-order valence-corrected chi connectivity index (χ0v) is 11.3. The van der Waals surface area contributed by atoms with Crippen molar-refractivity contribution in [3.63, 3.8) is 0 Å². The number of nitrogens with zero attached hydrogens (tertiary/aromatic N) is 2. The zero-order chi connectivity index (χ0) is 12.5. The van der Waals surface area contributed by atoms with E-state index < -0.39 is 0 Å². The van der Waals surface area contributed by atoms with Gasteiger partial charge in [-0.25, -0.2) is 4.98 Å². The van der Waals surface area contributed by atoms with Gasteiger partial charge in [0.05, 0.1) is 0 Å². The summed E-state index contributed by atoms with van der Waals surface area (Å²) in [7, 11) is 0. The highest BCUT2D eigenvalue weighted by Gasteiger charge is 2.20. The monoisotopic (exact) mass is 259 g/mol. The average molecular weight is 259 g/mol. The Labute approximate surface area is 111 Å². The molecule has 1 aromatic carbocycles. The van der Waals surface area contributed by atoms with Crippen molar-refractivity contribution in [1.29, 1.82) is 0 Å². The van der Waals surface area contributed by atoms with Crippen LogP contribution in [0, 0.1) is 0 Å². The molecule has 0 amide bonds. The molecular weight excluding hydrogens is 242 g/mol. The molecule has 0 radical (unpaired) electrons. The summed E-state index contributed by atoms with van der Waals surface area (Å²) < 4.78 is 0. The van der Waals surface area contributed by atoms with Gasteiger partial charge in [-0.05, 0) is 31.4 Å². The van der Waals surface area contributed by atoms with E-state index in [2.05, 4.69) is 34.1 Å². The smallest absolute Gasteiger partial charge is 0.190 e. The molecule has 0 aliphatic carbocycles. The lowest BCUT2D eigenvalue weighted by Crippen LogP contribution is -2.24. The molecule has 0 saturated carbocycles. The number of hydrogen-bond acceptors (Lipinski definition) is 4. The lowest BCUT2D eigenvalue weighted by molar-refractivity contribution is 0.765. The van der Waals surface area contributed by atoms with Gasteiger partial charge in [-0.15, -0.1) is 0 Å². The van der Waals surface area contributed by atoms with Crippen LogP contribution in [0.25, 0.3) is 0 Å². The van der Waals surface area contributed by atoms with Crippen molar-refractivity contribution < 1.29 is 0 Å². The Morgan fingerprint density at radius 3 is 3.00 bits per heavy atom. The third-order valence-electron chi connectivity index (χ3n) is 3.30. The highest BCUT2D eigenvalue weighted by Crippen LogP contribution is 2.36. The highest BCUT2D eigenvalue weighted by atomic mass is 32.1. The number of hydrogen-bond donors (Lipinski definition) is 1. The Hall–Kier alpha value is -1.39. The molecule has 0 spiro atoms. The third-order valence-corrected chi connectivity index (χ3v) is 4.52. The summed E-state index contributed by atoms with van der Waals surface area (Å²) in [6, 6.07) is 8.66. The second kappa shape index (κ2) is 4.71. The van der Waals surface area contributed by atoms with Crippen molar-refractivity contribution in [3.8, 4) is 0 Å². The first kappa shape index (κ1) is 11.7. The van der Waals surface area contributed by atoms with Crippen LogP contribution in [0.4, 0.5) is 10.8 Å². The van der Waals surface area contributed by atoms with E-state index in [1.807, 2.05) is 13.1 Å². The normalized spacial score (nSPS) is 16.4. The van der Waals surface area contributed by atoms with Gasteiger partial charge in [0.15, 0.2) is 5.13 Å². The molecule has 1 atom stereocenters. The number of para-hydroxylation sites is 1. The van der Waals surface area contributed by atoms with Crippen LogP contribution >= 0.6 is 11.3 Å². The first-order chi connectivity index (χ1) is 8.75. The van der Waals surface area contributed by atoms with Gasteiger partial charge in [-0.1, -0.05) is 29.5 Å². The number of rotatable bonds is 2. The maximum absolute atomic E-state index is 5.90. The van der Waals surface area contributed by atoms with E-state index in [1.165, 1.54) is 17.7 Å². The van der Waals surface area contributed by atoms with Gasteiger partial charge in [-0.2, -0.15) is 0 Å². The molecule has 2 aromatic rings. The molecule has 2 N–H and O–H groups in total. The zero-order valence-electron chi connectivity index (χ0n) is 10.5. The largest absolute Gasteiger partial charge is 0.323 e. The van der Waals surface area contributed by atoms with Gasteiger partial charge in [-0.3, -0.25) is 0 Å². The Bertz CT molecular complexity index is 547. The van der Waals surface area contributed by atoms with E-state index in [1.54, 1.807) is 11.3 Å². The fraction of sp³-hybridized carbons (Fsp3) is 0.357. The molecule has 3 nitrogen and oxygen atoms in total. The van der Waals surface area contributed by atoms with Gasteiger partial charge in [0.2, 0.25) is 0 Å². The summed E-state index contributed by atoms with van der Waals surface area (Å²) in [5.74, 6) is 0. The van der Waals surface area contributed by atoms with Gasteiger partial charge in [0.25, 0.3) is 0 Å². The van der Waals surface area contributed by atoms with Gasteiger partial charge in [0.1, 0.15) is 0 Å². The minimum absolute atomic E-state index is 0.0660. The van der Waals surface area contributed by atoms with Crippen molar-refractivity contribution in [2.24, 2.45) is 5.73 Å². The molecule has 2 heterocycles. The Balaban J connectivity index is 1.97. The minimum atomic E-state index is 0.0660. The maximum Gasteiger partial charge on any atom is 0.190 e. The fourth-order valence-electron chi connectivity index (χ4n) is 2.34. The molecule has 1 aliphatic heterocycles. The maximum atomic E-state index is 5.90. The van der Waals surface area contributed by atoms with Gasteiger partial charge < -0.3 is 10.6 Å². The molecular formula is C14H17N3S. The summed E-state index contributed by atoms with van der Waals surface area (Å²) in [5, 5.41) is 1.06. The molecule has 0 saturated heterocycles. The average Bonchev–Trinajstić information content (AvgIpc) is 2.87. The number of nitrogens with two attached hydrogens (primary N) is 1. The summed E-state index contributed by atoms with van der Waals surface area (Å²) >= 11 is 1.70. The van der Waals surface area contributed by atoms with Gasteiger partial charge >= 0.3 is 0 Å². The standard InChI is InChI=1S/C14H17N3S/c1-10(15)13-9-16-14(18-13)17-8-4-6-11-5-2-3-7-12(11)17/h2-3,5,7,9-10H,4,6,8,15H2,1H3. The number of fused-ring (bicyclic) bond motifs is 1. The molecule has 18 heavy (non-hydrogen) atoms. The topological polar surface area (TPSA) is 42.1 Å². The number of anilines is 2. The molecule has 4 heteroatoms. The van der Waals surface area contributed by atoms with E-state index >= 15 is 0 Å². The number of aromatic nitrogens is 1. The number of benzene rings is 1. The summed E-state index contributed by atoms with van der Waals surface area (Å²) in [6.45, 7) is 3.05. The minimum Gasteiger partial charge on any atom is -0.323 e. The van der Waals surface area contributed by atoms with Gasteiger partial charge in [0, 0.05) is 29.3 Å². The lowest BCUT2D eigenvalue weighted by Gasteiger charge is -2.28. The first-order valence-electron chi connectivity index (χ1n) is 6.32. The van der Waals surface area contributed by atoms with Crippen LogP contribution in [0.2, 0.25) is 0 Å². The number of aryl methyl sites for hydroxylation is 1. The quantitative estimate of drug-likeness (QED) is 0.900.